The van der Waals surface area contributed by atoms with E-state index >= 15 is 0 Å². The fourth-order valence-corrected chi connectivity index (χ4v) is 6.29. The highest BCUT2D eigenvalue weighted by molar-refractivity contribution is 9.11. The predicted molar refractivity (Wildman–Crippen MR) is 161 cm³/mol. The van der Waals surface area contributed by atoms with Crippen LogP contribution in [0.3, 0.4) is 0 Å². The maximum Gasteiger partial charge on any atom is 0.131 e. The van der Waals surface area contributed by atoms with Crippen LogP contribution in [0.15, 0.2) is 90.7 Å². The molecule has 4 aromatic carbocycles. The lowest BCUT2D eigenvalue weighted by molar-refractivity contribution is 0.417. The molecule has 2 nitrogen and oxygen atoms in total. The monoisotopic (exact) mass is 732 g/mol. The van der Waals surface area contributed by atoms with Crippen molar-refractivity contribution in [3.05, 3.63) is 113 Å². The summed E-state index contributed by atoms with van der Waals surface area (Å²) >= 11 is 14.1. The summed E-state index contributed by atoms with van der Waals surface area (Å²) in [4.78, 5) is 0. The van der Waals surface area contributed by atoms with E-state index in [2.05, 4.69) is 116 Å². The molecule has 2 aliphatic rings. The van der Waals surface area contributed by atoms with Crippen LogP contribution in [0.4, 0.5) is 0 Å². The molecule has 0 saturated heterocycles. The highest BCUT2D eigenvalue weighted by Crippen LogP contribution is 2.50. The van der Waals surface area contributed by atoms with Crippen LogP contribution in [0.1, 0.15) is 49.9 Å². The van der Waals surface area contributed by atoms with E-state index in [1.54, 1.807) is 0 Å². The number of ether oxygens (including phenoxy) is 2. The van der Waals surface area contributed by atoms with Gasteiger partial charge in [-0.3, -0.25) is 0 Å². The minimum atomic E-state index is -0.0591. The zero-order valence-electron chi connectivity index (χ0n) is 20.3. The van der Waals surface area contributed by atoms with Crippen molar-refractivity contribution in [3.8, 4) is 23.0 Å². The number of hydrogen-bond acceptors (Lipinski definition) is 2. The first-order valence-electron chi connectivity index (χ1n) is 11.5. The summed E-state index contributed by atoms with van der Waals surface area (Å²) in [5.41, 5.74) is 4.72. The van der Waals surface area contributed by atoms with Gasteiger partial charge in [0.1, 0.15) is 23.0 Å². The van der Waals surface area contributed by atoms with Crippen LogP contribution in [0.2, 0.25) is 0 Å². The molecule has 0 radical (unpaired) electrons. The molecular weight excluding hydrogens is 712 g/mol. The molecule has 0 saturated carbocycles. The predicted octanol–water partition coefficient (Wildman–Crippen LogP) is 11.3. The topological polar surface area (TPSA) is 18.5 Å². The van der Waals surface area contributed by atoms with E-state index < -0.39 is 0 Å². The van der Waals surface area contributed by atoms with E-state index in [9.17, 15) is 0 Å². The normalized spacial score (nSPS) is 15.6. The molecule has 2 aliphatic heterocycles. The van der Waals surface area contributed by atoms with Crippen LogP contribution in [0, 0.1) is 0 Å². The molecule has 0 aliphatic carbocycles. The Morgan fingerprint density at radius 2 is 0.639 bits per heavy atom. The first-order valence-corrected chi connectivity index (χ1v) is 14.7. The van der Waals surface area contributed by atoms with E-state index in [0.717, 1.165) is 40.9 Å². The van der Waals surface area contributed by atoms with Crippen molar-refractivity contribution in [2.45, 2.75) is 38.5 Å². The summed E-state index contributed by atoms with van der Waals surface area (Å²) in [6, 6.07) is 24.7. The van der Waals surface area contributed by atoms with Crippen LogP contribution in [-0.4, -0.2) is 0 Å². The van der Waals surface area contributed by atoms with E-state index in [1.165, 1.54) is 22.3 Å². The number of benzene rings is 4. The number of rotatable bonds is 0. The average molecular weight is 736 g/mol. The first-order chi connectivity index (χ1) is 17.0. The SMILES string of the molecule is CC1(C)c2cc(Br)ccc2Oc2ccc(Br)cc21.CC1(C)c2cc(Br)ccc2Oc2ccc(Br)cc21. The molecule has 0 amide bonds. The second-order valence-electron chi connectivity index (χ2n) is 10.0. The highest BCUT2D eigenvalue weighted by Gasteiger charge is 2.35. The summed E-state index contributed by atoms with van der Waals surface area (Å²) < 4.78 is 16.3. The van der Waals surface area contributed by atoms with Crippen LogP contribution < -0.4 is 9.47 Å². The van der Waals surface area contributed by atoms with Gasteiger partial charge in [-0.2, -0.15) is 0 Å². The summed E-state index contributed by atoms with van der Waals surface area (Å²) in [5.74, 6) is 3.77. The first kappa shape index (κ1) is 26.0. The Morgan fingerprint density at radius 1 is 0.417 bits per heavy atom. The average Bonchev–Trinajstić information content (AvgIpc) is 2.82. The minimum absolute atomic E-state index is 0.0591. The molecule has 6 heteroatoms. The van der Waals surface area contributed by atoms with Gasteiger partial charge in [0, 0.05) is 51.0 Å². The summed E-state index contributed by atoms with van der Waals surface area (Å²) in [6.45, 7) is 8.91. The van der Waals surface area contributed by atoms with Crippen LogP contribution in [0.25, 0.3) is 0 Å². The smallest absolute Gasteiger partial charge is 0.131 e. The highest BCUT2D eigenvalue weighted by atomic mass is 79.9. The van der Waals surface area contributed by atoms with Gasteiger partial charge in [-0.05, 0) is 72.8 Å². The molecule has 6 rings (SSSR count). The second kappa shape index (κ2) is 9.61. The lowest BCUT2D eigenvalue weighted by Crippen LogP contribution is -2.24. The Hall–Kier alpha value is -1.60. The van der Waals surface area contributed by atoms with Gasteiger partial charge in [0.2, 0.25) is 0 Å². The molecule has 0 spiro atoms. The Kier molecular flexibility index (Phi) is 6.95. The van der Waals surface area contributed by atoms with E-state index in [-0.39, 0.29) is 10.8 Å². The second-order valence-corrected chi connectivity index (χ2v) is 13.7. The van der Waals surface area contributed by atoms with Gasteiger partial charge in [-0.15, -0.1) is 0 Å². The molecule has 0 atom stereocenters. The van der Waals surface area contributed by atoms with E-state index in [1.807, 2.05) is 48.5 Å². The largest absolute Gasteiger partial charge is 0.457 e. The fraction of sp³-hybridized carbons (Fsp3) is 0.200. The Bertz CT molecular complexity index is 1270. The van der Waals surface area contributed by atoms with Crippen molar-refractivity contribution in [1.82, 2.24) is 0 Å². The lowest BCUT2D eigenvalue weighted by Gasteiger charge is -2.34. The standard InChI is InChI=1S/2C15H12Br2O/c2*1-15(2)11-7-9(16)3-5-13(11)18-14-6-4-10(17)8-12(14)15/h2*3-8H,1-2H3. The van der Waals surface area contributed by atoms with Crippen LogP contribution >= 0.6 is 63.7 Å². The van der Waals surface area contributed by atoms with Gasteiger partial charge in [-0.1, -0.05) is 91.4 Å². The van der Waals surface area contributed by atoms with Gasteiger partial charge in [0.25, 0.3) is 0 Å². The third-order valence-corrected chi connectivity index (χ3v) is 8.87. The summed E-state index contributed by atoms with van der Waals surface area (Å²) in [5, 5.41) is 0. The molecule has 0 fully saturated rings. The number of hydrogen-bond donors (Lipinski definition) is 0. The van der Waals surface area contributed by atoms with Crippen LogP contribution in [0.5, 0.6) is 23.0 Å². The third kappa shape index (κ3) is 4.70. The molecular formula is C30H24Br4O2. The number of fused-ring (bicyclic) bond motifs is 4. The van der Waals surface area contributed by atoms with Crippen LogP contribution in [-0.2, 0) is 10.8 Å². The fourth-order valence-electron chi connectivity index (χ4n) is 4.85. The van der Waals surface area contributed by atoms with Crippen molar-refractivity contribution in [2.24, 2.45) is 0 Å². The molecule has 0 aromatic heterocycles. The van der Waals surface area contributed by atoms with Crippen molar-refractivity contribution in [3.63, 3.8) is 0 Å². The number of halogens is 4. The molecule has 0 N–H and O–H groups in total. The summed E-state index contributed by atoms with van der Waals surface area (Å²) in [7, 11) is 0. The Balaban J connectivity index is 0.000000148. The lowest BCUT2D eigenvalue weighted by atomic mass is 9.76. The van der Waals surface area contributed by atoms with Gasteiger partial charge < -0.3 is 9.47 Å². The van der Waals surface area contributed by atoms with E-state index in [0.29, 0.717) is 0 Å². The van der Waals surface area contributed by atoms with Gasteiger partial charge in [0.05, 0.1) is 0 Å². The van der Waals surface area contributed by atoms with Gasteiger partial charge in [-0.25, -0.2) is 0 Å². The van der Waals surface area contributed by atoms with E-state index in [4.69, 9.17) is 9.47 Å². The Morgan fingerprint density at radius 3 is 0.861 bits per heavy atom. The zero-order valence-corrected chi connectivity index (χ0v) is 26.6. The molecule has 0 unspecified atom stereocenters. The maximum absolute atomic E-state index is 5.98. The molecule has 36 heavy (non-hydrogen) atoms. The van der Waals surface area contributed by atoms with Gasteiger partial charge in [0.15, 0.2) is 0 Å². The van der Waals surface area contributed by atoms with Crippen molar-refractivity contribution in [2.75, 3.05) is 0 Å². The van der Waals surface area contributed by atoms with Crippen molar-refractivity contribution in [1.29, 1.82) is 0 Å². The molecule has 184 valence electrons. The summed E-state index contributed by atoms with van der Waals surface area (Å²) in [6.07, 6.45) is 0. The zero-order chi connectivity index (χ0) is 25.8. The van der Waals surface area contributed by atoms with Crippen molar-refractivity contribution >= 4 is 63.7 Å². The molecule has 2 heterocycles. The van der Waals surface area contributed by atoms with Gasteiger partial charge >= 0.3 is 0 Å². The van der Waals surface area contributed by atoms with Crippen molar-refractivity contribution < 1.29 is 9.47 Å². The maximum atomic E-state index is 5.98. The molecule has 4 aromatic rings. The Labute approximate surface area is 245 Å². The minimum Gasteiger partial charge on any atom is -0.457 e. The molecule has 0 bridgehead atoms. The third-order valence-electron chi connectivity index (χ3n) is 6.90. The quantitative estimate of drug-likeness (QED) is 0.179.